The summed E-state index contributed by atoms with van der Waals surface area (Å²) in [6, 6.07) is 12.7. The molecule has 3 aromatic rings. The van der Waals surface area contributed by atoms with Crippen molar-refractivity contribution in [1.29, 1.82) is 0 Å². The molecule has 1 amide bonds. The van der Waals surface area contributed by atoms with Crippen LogP contribution in [0.15, 0.2) is 57.7 Å². The van der Waals surface area contributed by atoms with Crippen molar-refractivity contribution in [1.82, 2.24) is 9.80 Å². The summed E-state index contributed by atoms with van der Waals surface area (Å²) < 4.78 is 25.1. The number of carbonyl (C=O) groups excluding carboxylic acids is 1. The predicted molar refractivity (Wildman–Crippen MR) is 114 cm³/mol. The highest BCUT2D eigenvalue weighted by Crippen LogP contribution is 2.38. The van der Waals surface area contributed by atoms with Gasteiger partial charge in [-0.2, -0.15) is 0 Å². The second kappa shape index (κ2) is 8.24. The number of nitrogens with zero attached hydrogens (tertiary/aromatic N) is 2. The van der Waals surface area contributed by atoms with Crippen LogP contribution in [0, 0.1) is 5.82 Å². The van der Waals surface area contributed by atoms with Crippen molar-refractivity contribution in [2.24, 2.45) is 0 Å². The van der Waals surface area contributed by atoms with Crippen LogP contribution < -0.4 is 5.43 Å². The van der Waals surface area contributed by atoms with Gasteiger partial charge in [-0.25, -0.2) is 4.39 Å². The summed E-state index contributed by atoms with van der Waals surface area (Å²) in [5, 5.41) is 0.155. The van der Waals surface area contributed by atoms with Gasteiger partial charge < -0.3 is 14.1 Å². The molecule has 2 aliphatic rings. The number of halogens is 1. The third kappa shape index (κ3) is 3.64. The Labute approximate surface area is 178 Å². The Morgan fingerprint density at radius 3 is 2.55 bits per heavy atom. The average molecular weight is 422 g/mol. The van der Waals surface area contributed by atoms with Crippen LogP contribution in [0.4, 0.5) is 4.39 Å². The minimum absolute atomic E-state index is 0.0596. The first-order valence-electron chi connectivity index (χ1n) is 10.6. The van der Waals surface area contributed by atoms with Crippen molar-refractivity contribution in [3.63, 3.8) is 0 Å². The Balaban J connectivity index is 1.52. The zero-order valence-electron chi connectivity index (χ0n) is 17.1. The molecule has 1 fully saturated rings. The molecular weight excluding hydrogens is 399 g/mol. The predicted octanol–water partition coefficient (Wildman–Crippen LogP) is 3.20. The molecule has 7 heteroatoms. The van der Waals surface area contributed by atoms with Crippen molar-refractivity contribution in [2.45, 2.75) is 12.5 Å². The van der Waals surface area contributed by atoms with Gasteiger partial charge in [0, 0.05) is 26.2 Å². The lowest BCUT2D eigenvalue weighted by atomic mass is 9.98. The second-order valence-corrected chi connectivity index (χ2v) is 7.93. The topological polar surface area (TPSA) is 63.0 Å². The quantitative estimate of drug-likeness (QED) is 0.632. The SMILES string of the molecule is O=C1c2oc3ccc(F)cc3c(=O)c2C(c2ccccc2)N1CCCN1CCOCC1. The molecule has 2 aromatic carbocycles. The maximum absolute atomic E-state index is 13.8. The van der Waals surface area contributed by atoms with Gasteiger partial charge in [0.25, 0.3) is 5.91 Å². The number of carbonyl (C=O) groups is 1. The Hall–Kier alpha value is -3.03. The maximum Gasteiger partial charge on any atom is 0.290 e. The van der Waals surface area contributed by atoms with Gasteiger partial charge in [-0.05, 0) is 30.2 Å². The number of benzene rings is 2. The number of morpholine rings is 1. The zero-order valence-corrected chi connectivity index (χ0v) is 17.1. The number of hydrogen-bond donors (Lipinski definition) is 0. The molecule has 0 N–H and O–H groups in total. The lowest BCUT2D eigenvalue weighted by Gasteiger charge is -2.29. The molecule has 3 heterocycles. The molecule has 2 aliphatic heterocycles. The normalized spacial score (nSPS) is 19.2. The van der Waals surface area contributed by atoms with Crippen molar-refractivity contribution in [3.8, 4) is 0 Å². The van der Waals surface area contributed by atoms with E-state index in [-0.39, 0.29) is 28.1 Å². The number of hydrogen-bond acceptors (Lipinski definition) is 5. The summed E-state index contributed by atoms with van der Waals surface area (Å²) in [7, 11) is 0. The average Bonchev–Trinajstić information content (AvgIpc) is 3.08. The first-order valence-corrected chi connectivity index (χ1v) is 10.6. The third-order valence-electron chi connectivity index (χ3n) is 6.02. The molecule has 1 atom stereocenters. The summed E-state index contributed by atoms with van der Waals surface area (Å²) in [6.07, 6.45) is 0.769. The van der Waals surface area contributed by atoms with E-state index in [0.717, 1.165) is 44.8 Å². The Bertz CT molecular complexity index is 1170. The summed E-state index contributed by atoms with van der Waals surface area (Å²) in [5.41, 5.74) is 0.999. The van der Waals surface area contributed by atoms with Crippen LogP contribution in [0.5, 0.6) is 0 Å². The molecule has 6 nitrogen and oxygen atoms in total. The van der Waals surface area contributed by atoms with Crippen molar-refractivity contribution < 1.29 is 18.3 Å². The molecule has 1 aromatic heterocycles. The van der Waals surface area contributed by atoms with Crippen LogP contribution in [0.1, 0.15) is 34.1 Å². The van der Waals surface area contributed by atoms with Crippen molar-refractivity contribution >= 4 is 16.9 Å². The molecule has 1 saturated heterocycles. The van der Waals surface area contributed by atoms with Crippen LogP contribution in [-0.2, 0) is 4.74 Å². The lowest BCUT2D eigenvalue weighted by Crippen LogP contribution is -2.38. The van der Waals surface area contributed by atoms with E-state index in [1.807, 2.05) is 30.3 Å². The van der Waals surface area contributed by atoms with Gasteiger partial charge in [0.2, 0.25) is 5.76 Å². The molecule has 1 unspecified atom stereocenters. The number of fused-ring (bicyclic) bond motifs is 2. The number of rotatable bonds is 5. The van der Waals surface area contributed by atoms with Gasteiger partial charge in [0.1, 0.15) is 11.4 Å². The smallest absolute Gasteiger partial charge is 0.290 e. The molecule has 160 valence electrons. The second-order valence-electron chi connectivity index (χ2n) is 7.93. The largest absolute Gasteiger partial charge is 0.450 e. The Kier molecular flexibility index (Phi) is 5.29. The van der Waals surface area contributed by atoms with Gasteiger partial charge >= 0.3 is 0 Å². The molecule has 5 rings (SSSR count). The monoisotopic (exact) mass is 422 g/mol. The van der Waals surface area contributed by atoms with E-state index < -0.39 is 11.9 Å². The Morgan fingerprint density at radius 2 is 1.77 bits per heavy atom. The van der Waals surface area contributed by atoms with E-state index in [0.29, 0.717) is 12.1 Å². The number of ether oxygens (including phenoxy) is 1. The third-order valence-corrected chi connectivity index (χ3v) is 6.02. The minimum Gasteiger partial charge on any atom is -0.450 e. The summed E-state index contributed by atoms with van der Waals surface area (Å²) >= 11 is 0. The van der Waals surface area contributed by atoms with E-state index in [1.165, 1.54) is 18.2 Å². The van der Waals surface area contributed by atoms with Gasteiger partial charge in [-0.1, -0.05) is 30.3 Å². The van der Waals surface area contributed by atoms with Crippen molar-refractivity contribution in [3.05, 3.63) is 81.5 Å². The molecule has 31 heavy (non-hydrogen) atoms. The van der Waals surface area contributed by atoms with Gasteiger partial charge in [0.05, 0.1) is 30.2 Å². The van der Waals surface area contributed by atoms with E-state index >= 15 is 0 Å². The molecular formula is C24H23FN2O4. The van der Waals surface area contributed by atoms with E-state index in [4.69, 9.17) is 9.15 Å². The molecule has 0 saturated carbocycles. The highest BCUT2D eigenvalue weighted by Gasteiger charge is 2.42. The molecule has 0 radical (unpaired) electrons. The molecule has 0 spiro atoms. The highest BCUT2D eigenvalue weighted by molar-refractivity contribution is 5.99. The molecule has 0 aliphatic carbocycles. The number of amides is 1. The summed E-state index contributed by atoms with van der Waals surface area (Å²) in [6.45, 7) is 4.55. The fourth-order valence-electron chi connectivity index (χ4n) is 4.49. The first kappa shape index (κ1) is 19.9. The van der Waals surface area contributed by atoms with Crippen molar-refractivity contribution in [2.75, 3.05) is 39.4 Å². The standard InChI is InChI=1S/C24H23FN2O4/c25-17-7-8-19-18(15-17)22(28)20-21(16-5-2-1-3-6-16)27(24(29)23(20)31-19)10-4-9-26-11-13-30-14-12-26/h1-3,5-8,15,21H,4,9-14H2. The maximum atomic E-state index is 13.8. The van der Waals surface area contributed by atoms with Crippen LogP contribution in [0.3, 0.4) is 0 Å². The van der Waals surface area contributed by atoms with Gasteiger partial charge in [-0.15, -0.1) is 0 Å². The lowest BCUT2D eigenvalue weighted by molar-refractivity contribution is 0.0353. The fourth-order valence-corrected chi connectivity index (χ4v) is 4.49. The first-order chi connectivity index (χ1) is 15.1. The minimum atomic E-state index is -0.544. The van der Waals surface area contributed by atoms with E-state index in [2.05, 4.69) is 4.90 Å². The summed E-state index contributed by atoms with van der Waals surface area (Å²) in [5.74, 6) is -0.749. The Morgan fingerprint density at radius 1 is 1.00 bits per heavy atom. The van der Waals surface area contributed by atoms with Crippen LogP contribution in [0.25, 0.3) is 11.0 Å². The summed E-state index contributed by atoms with van der Waals surface area (Å²) in [4.78, 5) is 30.7. The molecule has 0 bridgehead atoms. The van der Waals surface area contributed by atoms with Gasteiger partial charge in [0.15, 0.2) is 5.43 Å². The highest BCUT2D eigenvalue weighted by atomic mass is 19.1. The van der Waals surface area contributed by atoms with Gasteiger partial charge in [-0.3, -0.25) is 14.5 Å². The zero-order chi connectivity index (χ0) is 21.4. The van der Waals surface area contributed by atoms with Crippen LogP contribution in [0.2, 0.25) is 0 Å². The fraction of sp³-hybridized carbons (Fsp3) is 0.333. The van der Waals surface area contributed by atoms with E-state index in [1.54, 1.807) is 4.90 Å². The van der Waals surface area contributed by atoms with E-state index in [9.17, 15) is 14.0 Å². The van der Waals surface area contributed by atoms with Crippen LogP contribution >= 0.6 is 0 Å². The van der Waals surface area contributed by atoms with Crippen LogP contribution in [-0.4, -0.2) is 55.1 Å².